The van der Waals surface area contributed by atoms with Crippen molar-refractivity contribution in [3.05, 3.63) is 89.2 Å². The highest BCUT2D eigenvalue weighted by atomic mass is 16.5. The van der Waals surface area contributed by atoms with E-state index in [2.05, 4.69) is 55.7 Å². The number of hydrogen-bond acceptors (Lipinski definition) is 3. The largest absolute Gasteiger partial charge is 0.491 e. The second kappa shape index (κ2) is 8.74. The summed E-state index contributed by atoms with van der Waals surface area (Å²) in [4.78, 5) is 19.9. The number of carbonyl (C=O) groups is 1. The molecular weight excluding hydrogens is 410 g/mol. The van der Waals surface area contributed by atoms with Crippen LogP contribution < -0.4 is 9.64 Å². The molecule has 5 rings (SSSR count). The van der Waals surface area contributed by atoms with Crippen molar-refractivity contribution in [2.24, 2.45) is 0 Å². The normalized spacial score (nSPS) is 16.0. The number of aryl methyl sites for hydroxylation is 3. The number of hydrogen-bond donors (Lipinski definition) is 0. The number of carbonyl (C=O) groups excluding carboxylic acids is 1. The topological polar surface area (TPSA) is 47.4 Å². The Morgan fingerprint density at radius 3 is 2.48 bits per heavy atom. The van der Waals surface area contributed by atoms with Crippen LogP contribution in [0.3, 0.4) is 0 Å². The molecule has 168 valence electrons. The Balaban J connectivity index is 1.42. The molecule has 1 aliphatic heterocycles. The number of aromatic nitrogens is 2. The summed E-state index contributed by atoms with van der Waals surface area (Å²) in [7, 11) is 0. The summed E-state index contributed by atoms with van der Waals surface area (Å²) in [5.74, 6) is 2.06. The minimum Gasteiger partial charge on any atom is -0.491 e. The van der Waals surface area contributed by atoms with E-state index >= 15 is 0 Å². The lowest BCUT2D eigenvalue weighted by atomic mass is 10.1. The van der Waals surface area contributed by atoms with E-state index in [1.165, 1.54) is 11.1 Å². The molecule has 1 atom stereocenters. The van der Waals surface area contributed by atoms with E-state index in [9.17, 15) is 4.79 Å². The summed E-state index contributed by atoms with van der Waals surface area (Å²) in [6.07, 6.45) is 0.467. The van der Waals surface area contributed by atoms with Gasteiger partial charge in [-0.1, -0.05) is 36.4 Å². The van der Waals surface area contributed by atoms with E-state index in [-0.39, 0.29) is 11.8 Å². The van der Waals surface area contributed by atoms with Crippen molar-refractivity contribution in [1.82, 2.24) is 9.55 Å². The molecule has 0 aliphatic carbocycles. The number of rotatable bonds is 6. The zero-order valence-corrected chi connectivity index (χ0v) is 19.4. The first-order valence-corrected chi connectivity index (χ1v) is 11.5. The lowest BCUT2D eigenvalue weighted by molar-refractivity contribution is -0.117. The van der Waals surface area contributed by atoms with Crippen LogP contribution in [0.5, 0.6) is 5.75 Å². The molecule has 1 amide bonds. The highest BCUT2D eigenvalue weighted by molar-refractivity contribution is 5.96. The molecule has 33 heavy (non-hydrogen) atoms. The van der Waals surface area contributed by atoms with Crippen molar-refractivity contribution in [2.75, 3.05) is 18.1 Å². The van der Waals surface area contributed by atoms with Gasteiger partial charge in [0.2, 0.25) is 5.91 Å². The number of amides is 1. The molecule has 5 nitrogen and oxygen atoms in total. The molecule has 0 saturated carbocycles. The molecular formula is C28H29N3O2. The van der Waals surface area contributed by atoms with E-state index in [1.54, 1.807) is 0 Å². The van der Waals surface area contributed by atoms with Gasteiger partial charge in [-0.05, 0) is 67.8 Å². The third kappa shape index (κ3) is 4.23. The van der Waals surface area contributed by atoms with E-state index in [0.29, 0.717) is 26.1 Å². The van der Waals surface area contributed by atoms with Crippen LogP contribution in [-0.2, 0) is 11.3 Å². The van der Waals surface area contributed by atoms with Crippen molar-refractivity contribution in [2.45, 2.75) is 39.7 Å². The molecule has 0 bridgehead atoms. The number of ether oxygens (including phenoxy) is 1. The van der Waals surface area contributed by atoms with Crippen LogP contribution in [0.25, 0.3) is 11.0 Å². The fraction of sp³-hybridized carbons (Fsp3) is 0.286. The molecule has 1 aromatic heterocycles. The molecule has 1 fully saturated rings. The molecule has 1 saturated heterocycles. The Morgan fingerprint density at radius 1 is 0.970 bits per heavy atom. The van der Waals surface area contributed by atoms with Crippen molar-refractivity contribution in [3.8, 4) is 5.75 Å². The predicted octanol–water partition coefficient (Wildman–Crippen LogP) is 5.56. The summed E-state index contributed by atoms with van der Waals surface area (Å²) in [6.45, 7) is 8.06. The number of anilines is 1. The predicted molar refractivity (Wildman–Crippen MR) is 132 cm³/mol. The monoisotopic (exact) mass is 439 g/mol. The van der Waals surface area contributed by atoms with E-state index in [4.69, 9.17) is 9.72 Å². The molecule has 3 aromatic carbocycles. The Bertz CT molecular complexity index is 1300. The minimum atomic E-state index is 0.0455. The molecule has 4 aromatic rings. The summed E-state index contributed by atoms with van der Waals surface area (Å²) < 4.78 is 8.32. The van der Waals surface area contributed by atoms with Crippen LogP contribution in [0.2, 0.25) is 0 Å². The number of imidazole rings is 1. The lowest BCUT2D eigenvalue weighted by Crippen LogP contribution is -2.25. The summed E-state index contributed by atoms with van der Waals surface area (Å²) >= 11 is 0. The van der Waals surface area contributed by atoms with Crippen LogP contribution in [-0.4, -0.2) is 28.6 Å². The van der Waals surface area contributed by atoms with Crippen molar-refractivity contribution >= 4 is 22.6 Å². The maximum Gasteiger partial charge on any atom is 0.227 e. The second-order valence-corrected chi connectivity index (χ2v) is 8.98. The SMILES string of the molecule is Cc1cc(C)cc(N2C[C@H](c3nc4ccccc4n3CCOc3ccccc3C)CC2=O)c1. The maximum atomic E-state index is 13.0. The highest BCUT2D eigenvalue weighted by Crippen LogP contribution is 2.34. The van der Waals surface area contributed by atoms with E-state index in [1.807, 2.05) is 41.3 Å². The van der Waals surface area contributed by atoms with Gasteiger partial charge in [0, 0.05) is 24.6 Å². The van der Waals surface area contributed by atoms with Gasteiger partial charge < -0.3 is 14.2 Å². The van der Waals surface area contributed by atoms with Gasteiger partial charge in [0.1, 0.15) is 18.2 Å². The lowest BCUT2D eigenvalue weighted by Gasteiger charge is -2.19. The first-order valence-electron chi connectivity index (χ1n) is 11.5. The molecule has 0 radical (unpaired) electrons. The third-order valence-corrected chi connectivity index (χ3v) is 6.36. The summed E-state index contributed by atoms with van der Waals surface area (Å²) in [5, 5.41) is 0. The van der Waals surface area contributed by atoms with Crippen LogP contribution in [0.15, 0.2) is 66.7 Å². The molecule has 0 spiro atoms. The van der Waals surface area contributed by atoms with Crippen molar-refractivity contribution in [3.63, 3.8) is 0 Å². The third-order valence-electron chi connectivity index (χ3n) is 6.36. The number of fused-ring (bicyclic) bond motifs is 1. The fourth-order valence-corrected chi connectivity index (χ4v) is 4.84. The minimum absolute atomic E-state index is 0.0455. The van der Waals surface area contributed by atoms with Crippen LogP contribution >= 0.6 is 0 Å². The molecule has 0 unspecified atom stereocenters. The first kappa shape index (κ1) is 21.3. The van der Waals surface area contributed by atoms with Crippen LogP contribution in [0, 0.1) is 20.8 Å². The van der Waals surface area contributed by atoms with Gasteiger partial charge in [-0.2, -0.15) is 0 Å². The quantitative estimate of drug-likeness (QED) is 0.395. The molecule has 2 heterocycles. The van der Waals surface area contributed by atoms with Gasteiger partial charge in [-0.3, -0.25) is 4.79 Å². The van der Waals surface area contributed by atoms with Gasteiger partial charge in [0.15, 0.2) is 0 Å². The smallest absolute Gasteiger partial charge is 0.227 e. The molecule has 0 N–H and O–H groups in total. The Morgan fingerprint density at radius 2 is 1.70 bits per heavy atom. The maximum absolute atomic E-state index is 13.0. The van der Waals surface area contributed by atoms with E-state index < -0.39 is 0 Å². The number of para-hydroxylation sites is 3. The van der Waals surface area contributed by atoms with Crippen LogP contribution in [0.1, 0.15) is 34.9 Å². The van der Waals surface area contributed by atoms with Gasteiger partial charge >= 0.3 is 0 Å². The van der Waals surface area contributed by atoms with Crippen molar-refractivity contribution < 1.29 is 9.53 Å². The number of benzene rings is 3. The molecule has 5 heteroatoms. The van der Waals surface area contributed by atoms with Gasteiger partial charge in [-0.25, -0.2) is 4.98 Å². The van der Waals surface area contributed by atoms with Crippen molar-refractivity contribution in [1.29, 1.82) is 0 Å². The van der Waals surface area contributed by atoms with Gasteiger partial charge in [0.05, 0.1) is 17.6 Å². The number of nitrogens with zero attached hydrogens (tertiary/aromatic N) is 3. The summed E-state index contributed by atoms with van der Waals surface area (Å²) in [5.41, 5.74) is 6.48. The van der Waals surface area contributed by atoms with Gasteiger partial charge in [0.25, 0.3) is 0 Å². The van der Waals surface area contributed by atoms with E-state index in [0.717, 1.165) is 33.9 Å². The average molecular weight is 440 g/mol. The fourth-order valence-electron chi connectivity index (χ4n) is 4.84. The standard InChI is InChI=1S/C28H29N3O2/c1-19-14-20(2)16-23(15-19)31-18-22(17-27(31)32)28-29-24-9-5-6-10-25(24)30(28)12-13-33-26-11-7-4-8-21(26)3/h4-11,14-16,22H,12-13,17-18H2,1-3H3/t22-/m1/s1. The highest BCUT2D eigenvalue weighted by Gasteiger charge is 2.35. The van der Waals surface area contributed by atoms with Crippen LogP contribution in [0.4, 0.5) is 5.69 Å². The first-order chi connectivity index (χ1) is 16.0. The zero-order chi connectivity index (χ0) is 22.9. The second-order valence-electron chi connectivity index (χ2n) is 8.98. The Hall–Kier alpha value is -3.60. The average Bonchev–Trinajstić information content (AvgIpc) is 3.35. The zero-order valence-electron chi connectivity index (χ0n) is 19.4. The Labute approximate surface area is 194 Å². The van der Waals surface area contributed by atoms with Gasteiger partial charge in [-0.15, -0.1) is 0 Å². The summed E-state index contributed by atoms with van der Waals surface area (Å²) in [6, 6.07) is 22.6. The molecule has 1 aliphatic rings. The Kier molecular flexibility index (Phi) is 5.63.